The summed E-state index contributed by atoms with van der Waals surface area (Å²) in [7, 11) is 0. The first kappa shape index (κ1) is 24.5. The van der Waals surface area contributed by atoms with Crippen molar-refractivity contribution in [2.45, 2.75) is 84.8 Å². The van der Waals surface area contributed by atoms with Crippen molar-refractivity contribution in [2.24, 2.45) is 5.92 Å². The number of tetrazole rings is 1. The van der Waals surface area contributed by atoms with Gasteiger partial charge in [0, 0.05) is 36.2 Å². The Bertz CT molecular complexity index is 1160. The fraction of sp³-hybridized carbons (Fsp3) is 0.615. The molecule has 0 amide bonds. The third kappa shape index (κ3) is 5.23. The summed E-state index contributed by atoms with van der Waals surface area (Å²) in [4.78, 5) is 18.4. The van der Waals surface area contributed by atoms with E-state index in [1.54, 1.807) is 0 Å². The molecule has 2 heterocycles. The molecule has 0 aliphatic heterocycles. The van der Waals surface area contributed by atoms with Crippen LogP contribution < -0.4 is 5.56 Å². The number of H-pyrrole nitrogens is 1. The number of benzene rings is 1. The predicted molar refractivity (Wildman–Crippen MR) is 134 cm³/mol. The molecule has 2 aromatic heterocycles. The maximum Gasteiger partial charge on any atom is 0.252 e. The van der Waals surface area contributed by atoms with Crippen LogP contribution in [0.15, 0.2) is 23.0 Å². The van der Waals surface area contributed by atoms with E-state index in [-0.39, 0.29) is 24.1 Å². The van der Waals surface area contributed by atoms with Crippen molar-refractivity contribution in [3.05, 3.63) is 51.1 Å². The Morgan fingerprint density at radius 2 is 1.94 bits per heavy atom. The van der Waals surface area contributed by atoms with Gasteiger partial charge in [0.25, 0.3) is 5.56 Å². The molecule has 1 aliphatic carbocycles. The number of hydrogen-bond donors (Lipinski definition) is 2. The molecule has 1 aliphatic rings. The van der Waals surface area contributed by atoms with Crippen LogP contribution in [0.2, 0.25) is 0 Å². The standard InChI is InChI=1S/C26H38N6O2/c1-17(2)24(25-28-29-30-32(25)21-9-6-5-7-10-21)31(11-8-12-33)16-20-15-22-19(4)13-18(3)14-23(22)27-26(20)34/h13-15,17,21,24,33H,5-12,16H2,1-4H3,(H,27,34)/t24-/m1/s1. The normalized spacial score (nSPS) is 16.1. The summed E-state index contributed by atoms with van der Waals surface area (Å²) < 4.78 is 2.04. The number of nitrogens with one attached hydrogen (secondary N) is 1. The third-order valence-corrected chi connectivity index (χ3v) is 7.09. The zero-order chi connectivity index (χ0) is 24.2. The third-order valence-electron chi connectivity index (χ3n) is 7.09. The molecule has 34 heavy (non-hydrogen) atoms. The average molecular weight is 467 g/mol. The van der Waals surface area contributed by atoms with E-state index in [2.05, 4.69) is 52.2 Å². The highest BCUT2D eigenvalue weighted by molar-refractivity contribution is 5.83. The summed E-state index contributed by atoms with van der Waals surface area (Å²) in [6.45, 7) is 9.69. The molecule has 0 unspecified atom stereocenters. The topological polar surface area (TPSA) is 99.9 Å². The summed E-state index contributed by atoms with van der Waals surface area (Å²) in [5, 5.41) is 23.6. The van der Waals surface area contributed by atoms with Crippen molar-refractivity contribution in [3.63, 3.8) is 0 Å². The van der Waals surface area contributed by atoms with Crippen molar-refractivity contribution < 1.29 is 5.11 Å². The minimum Gasteiger partial charge on any atom is -0.396 e. The Labute approximate surface area is 201 Å². The van der Waals surface area contributed by atoms with Gasteiger partial charge in [-0.15, -0.1) is 5.10 Å². The Kier molecular flexibility index (Phi) is 7.78. The molecule has 184 valence electrons. The second-order valence-electron chi connectivity index (χ2n) is 10.2. The number of aliphatic hydroxyl groups is 1. The molecule has 1 fully saturated rings. The van der Waals surface area contributed by atoms with Crippen molar-refractivity contribution in [1.29, 1.82) is 0 Å². The number of nitrogens with zero attached hydrogens (tertiary/aromatic N) is 5. The second kappa shape index (κ2) is 10.8. The lowest BCUT2D eigenvalue weighted by Gasteiger charge is -2.34. The lowest BCUT2D eigenvalue weighted by molar-refractivity contribution is 0.118. The summed E-state index contributed by atoms with van der Waals surface area (Å²) in [5.41, 5.74) is 3.80. The fourth-order valence-corrected chi connectivity index (χ4v) is 5.51. The Morgan fingerprint density at radius 1 is 1.18 bits per heavy atom. The maximum atomic E-state index is 13.1. The monoisotopic (exact) mass is 466 g/mol. The molecular weight excluding hydrogens is 428 g/mol. The van der Waals surface area contributed by atoms with Crippen molar-refractivity contribution in [1.82, 2.24) is 30.1 Å². The molecule has 0 radical (unpaired) electrons. The van der Waals surface area contributed by atoms with Crippen LogP contribution in [0.4, 0.5) is 0 Å². The van der Waals surface area contributed by atoms with Crippen LogP contribution in [0.25, 0.3) is 10.9 Å². The Morgan fingerprint density at radius 3 is 2.65 bits per heavy atom. The van der Waals surface area contributed by atoms with Crippen LogP contribution in [0.5, 0.6) is 0 Å². The smallest absolute Gasteiger partial charge is 0.252 e. The molecule has 1 saturated carbocycles. The van der Waals surface area contributed by atoms with Crippen LogP contribution >= 0.6 is 0 Å². The minimum atomic E-state index is -0.0686. The summed E-state index contributed by atoms with van der Waals surface area (Å²) >= 11 is 0. The number of aliphatic hydroxyl groups excluding tert-OH is 1. The quantitative estimate of drug-likeness (QED) is 0.490. The van der Waals surface area contributed by atoms with Gasteiger partial charge in [-0.05, 0) is 72.7 Å². The van der Waals surface area contributed by atoms with Crippen LogP contribution in [0, 0.1) is 19.8 Å². The lowest BCUT2D eigenvalue weighted by atomic mass is 9.94. The molecule has 8 nitrogen and oxygen atoms in total. The largest absolute Gasteiger partial charge is 0.396 e. The SMILES string of the molecule is Cc1cc(C)c2cc(CN(CCCO)[C@@H](c3nnnn3C3CCCCC3)C(C)C)c(=O)[nH]c2c1. The van der Waals surface area contributed by atoms with Gasteiger partial charge >= 0.3 is 0 Å². The van der Waals surface area contributed by atoms with Gasteiger partial charge in [0.05, 0.1) is 12.1 Å². The van der Waals surface area contributed by atoms with E-state index < -0.39 is 0 Å². The molecule has 0 bridgehead atoms. The summed E-state index contributed by atoms with van der Waals surface area (Å²) in [5.74, 6) is 1.10. The van der Waals surface area contributed by atoms with E-state index in [1.165, 1.54) is 19.3 Å². The number of pyridine rings is 1. The highest BCUT2D eigenvalue weighted by atomic mass is 16.3. The number of aryl methyl sites for hydroxylation is 2. The zero-order valence-electron chi connectivity index (χ0n) is 20.9. The first-order valence-electron chi connectivity index (χ1n) is 12.6. The van der Waals surface area contributed by atoms with Gasteiger partial charge in [-0.3, -0.25) is 9.69 Å². The van der Waals surface area contributed by atoms with Gasteiger partial charge in [0.15, 0.2) is 5.82 Å². The van der Waals surface area contributed by atoms with Gasteiger partial charge in [0.2, 0.25) is 0 Å². The Hall–Kier alpha value is -2.58. The molecule has 1 aromatic carbocycles. The van der Waals surface area contributed by atoms with E-state index in [1.807, 2.05) is 23.7 Å². The number of aromatic amines is 1. The van der Waals surface area contributed by atoms with Crippen LogP contribution in [-0.2, 0) is 6.54 Å². The number of rotatable bonds is 9. The first-order chi connectivity index (χ1) is 16.4. The van der Waals surface area contributed by atoms with E-state index in [9.17, 15) is 9.90 Å². The number of hydrogen-bond acceptors (Lipinski definition) is 6. The fourth-order valence-electron chi connectivity index (χ4n) is 5.51. The summed E-state index contributed by atoms with van der Waals surface area (Å²) in [6.07, 6.45) is 6.50. The molecule has 0 spiro atoms. The molecule has 1 atom stereocenters. The lowest BCUT2D eigenvalue weighted by Crippen LogP contribution is -2.37. The molecule has 4 rings (SSSR count). The molecule has 3 aromatic rings. The van der Waals surface area contributed by atoms with Crippen molar-refractivity contribution >= 4 is 10.9 Å². The second-order valence-corrected chi connectivity index (χ2v) is 10.2. The van der Waals surface area contributed by atoms with E-state index in [0.717, 1.165) is 46.3 Å². The van der Waals surface area contributed by atoms with Crippen LogP contribution in [-0.4, -0.2) is 48.3 Å². The minimum absolute atomic E-state index is 0.0577. The van der Waals surface area contributed by atoms with Crippen LogP contribution in [0.1, 0.15) is 87.0 Å². The summed E-state index contributed by atoms with van der Waals surface area (Å²) in [6, 6.07) is 6.46. The molecule has 2 N–H and O–H groups in total. The molecule has 0 saturated heterocycles. The molecular formula is C26H38N6O2. The Balaban J connectivity index is 1.71. The average Bonchev–Trinajstić information content (AvgIpc) is 3.27. The first-order valence-corrected chi connectivity index (χ1v) is 12.6. The number of fused-ring (bicyclic) bond motifs is 1. The van der Waals surface area contributed by atoms with Crippen LogP contribution in [0.3, 0.4) is 0 Å². The highest BCUT2D eigenvalue weighted by Gasteiger charge is 2.32. The zero-order valence-corrected chi connectivity index (χ0v) is 20.9. The van der Waals surface area contributed by atoms with Crippen molar-refractivity contribution in [3.8, 4) is 0 Å². The van der Waals surface area contributed by atoms with E-state index in [0.29, 0.717) is 25.6 Å². The molecule has 8 heteroatoms. The van der Waals surface area contributed by atoms with Gasteiger partial charge in [-0.1, -0.05) is 39.2 Å². The number of aromatic nitrogens is 5. The maximum absolute atomic E-state index is 13.1. The van der Waals surface area contributed by atoms with Gasteiger partial charge in [0.1, 0.15) is 0 Å². The van der Waals surface area contributed by atoms with Crippen molar-refractivity contribution in [2.75, 3.05) is 13.2 Å². The predicted octanol–water partition coefficient (Wildman–Crippen LogP) is 4.22. The van der Waals surface area contributed by atoms with Gasteiger partial charge < -0.3 is 10.1 Å². The van der Waals surface area contributed by atoms with Gasteiger partial charge in [-0.2, -0.15) is 0 Å². The van der Waals surface area contributed by atoms with E-state index >= 15 is 0 Å². The van der Waals surface area contributed by atoms with Gasteiger partial charge in [-0.25, -0.2) is 4.68 Å². The van der Waals surface area contributed by atoms with E-state index in [4.69, 9.17) is 0 Å². The highest BCUT2D eigenvalue weighted by Crippen LogP contribution is 2.34.